The average molecular weight is 344 g/mol. The van der Waals surface area contributed by atoms with Crippen molar-refractivity contribution in [3.05, 3.63) is 50.1 Å². The second kappa shape index (κ2) is 8.04. The summed E-state index contributed by atoms with van der Waals surface area (Å²) in [6.07, 6.45) is 0.883. The summed E-state index contributed by atoms with van der Waals surface area (Å²) in [6, 6.07) is 8.18. The van der Waals surface area contributed by atoms with Crippen molar-refractivity contribution in [1.82, 2.24) is 5.32 Å². The van der Waals surface area contributed by atoms with Crippen LogP contribution in [0.3, 0.4) is 0 Å². The summed E-state index contributed by atoms with van der Waals surface area (Å²) in [5.41, 5.74) is 0.993. The summed E-state index contributed by atoms with van der Waals surface area (Å²) in [5, 5.41) is 6.63. The molecular weight excluding hydrogens is 325 g/mol. The van der Waals surface area contributed by atoms with Gasteiger partial charge in [-0.3, -0.25) is 0 Å². The second-order valence-corrected chi connectivity index (χ2v) is 6.97. The van der Waals surface area contributed by atoms with Crippen molar-refractivity contribution in [2.75, 3.05) is 6.61 Å². The van der Waals surface area contributed by atoms with E-state index in [0.29, 0.717) is 29.2 Å². The fourth-order valence-electron chi connectivity index (χ4n) is 1.93. The maximum atomic E-state index is 6.28. The Kier molecular flexibility index (Phi) is 6.37. The summed E-state index contributed by atoms with van der Waals surface area (Å²) < 4.78 is 5.90. The van der Waals surface area contributed by atoms with Crippen LogP contribution in [-0.2, 0) is 13.0 Å². The minimum atomic E-state index is 0.390. The zero-order valence-corrected chi connectivity index (χ0v) is 14.5. The van der Waals surface area contributed by atoms with Crippen LogP contribution in [0.25, 0.3) is 0 Å². The minimum Gasteiger partial charge on any atom is -0.491 e. The number of benzene rings is 1. The normalized spacial score (nSPS) is 11.1. The molecule has 114 valence electrons. The Balaban J connectivity index is 2.05. The van der Waals surface area contributed by atoms with Gasteiger partial charge in [-0.05, 0) is 23.6 Å². The predicted molar refractivity (Wildman–Crippen MR) is 92.0 cm³/mol. The van der Waals surface area contributed by atoms with E-state index >= 15 is 0 Å². The Morgan fingerprint density at radius 3 is 2.76 bits per heavy atom. The molecule has 2 nitrogen and oxygen atoms in total. The lowest BCUT2D eigenvalue weighted by Gasteiger charge is -2.15. The SMILES string of the molecule is CC(C)NCc1cc(Cl)cc(Cl)c1OCCc1cccs1. The predicted octanol–water partition coefficient (Wildman–Crippen LogP) is 5.17. The van der Waals surface area contributed by atoms with Crippen LogP contribution in [0.1, 0.15) is 24.3 Å². The van der Waals surface area contributed by atoms with Crippen LogP contribution in [0.2, 0.25) is 10.0 Å². The molecule has 0 saturated carbocycles. The number of thiophene rings is 1. The zero-order chi connectivity index (χ0) is 15.2. The fraction of sp³-hybridized carbons (Fsp3) is 0.375. The smallest absolute Gasteiger partial charge is 0.142 e. The minimum absolute atomic E-state index is 0.390. The molecule has 0 spiro atoms. The average Bonchev–Trinajstić information content (AvgIpc) is 2.92. The molecule has 0 bridgehead atoms. The molecule has 0 radical (unpaired) electrons. The van der Waals surface area contributed by atoms with Crippen molar-refractivity contribution in [2.24, 2.45) is 0 Å². The van der Waals surface area contributed by atoms with Gasteiger partial charge in [0, 0.05) is 34.5 Å². The van der Waals surface area contributed by atoms with Crippen molar-refractivity contribution in [2.45, 2.75) is 32.9 Å². The van der Waals surface area contributed by atoms with Crippen molar-refractivity contribution in [1.29, 1.82) is 0 Å². The Labute approximate surface area is 140 Å². The molecule has 0 fully saturated rings. The highest BCUT2D eigenvalue weighted by Gasteiger charge is 2.11. The van der Waals surface area contributed by atoms with Gasteiger partial charge in [0.2, 0.25) is 0 Å². The molecule has 0 aliphatic heterocycles. The number of nitrogens with one attached hydrogen (secondary N) is 1. The first-order chi connectivity index (χ1) is 10.1. The topological polar surface area (TPSA) is 21.3 Å². The van der Waals surface area contributed by atoms with Gasteiger partial charge in [0.15, 0.2) is 0 Å². The Morgan fingerprint density at radius 2 is 2.10 bits per heavy atom. The first-order valence-corrected chi connectivity index (χ1v) is 8.56. The van der Waals surface area contributed by atoms with Crippen LogP contribution in [0, 0.1) is 0 Å². The summed E-state index contributed by atoms with van der Waals surface area (Å²) in [5.74, 6) is 0.728. The van der Waals surface area contributed by atoms with E-state index in [9.17, 15) is 0 Å². The molecule has 2 aromatic rings. The molecule has 0 aliphatic rings. The van der Waals surface area contributed by atoms with Crippen LogP contribution in [0.4, 0.5) is 0 Å². The monoisotopic (exact) mass is 343 g/mol. The van der Waals surface area contributed by atoms with Crippen LogP contribution >= 0.6 is 34.5 Å². The summed E-state index contributed by atoms with van der Waals surface area (Å²) in [6.45, 7) is 5.50. The van der Waals surface area contributed by atoms with Crippen molar-refractivity contribution in [3.8, 4) is 5.75 Å². The van der Waals surface area contributed by atoms with Crippen LogP contribution < -0.4 is 10.1 Å². The Hall–Kier alpha value is -0.740. The summed E-state index contributed by atoms with van der Waals surface area (Å²) >= 11 is 14.1. The van der Waals surface area contributed by atoms with Crippen molar-refractivity contribution in [3.63, 3.8) is 0 Å². The standard InChI is InChI=1S/C16H19Cl2NOS/c1-11(2)19-10-12-8-13(17)9-15(18)16(12)20-6-5-14-4-3-7-21-14/h3-4,7-9,11,19H,5-6,10H2,1-2H3. The molecule has 0 saturated heterocycles. The molecule has 0 aliphatic carbocycles. The number of ether oxygens (including phenoxy) is 1. The molecule has 0 amide bonds. The molecule has 2 rings (SSSR count). The number of hydrogen-bond acceptors (Lipinski definition) is 3. The van der Waals surface area contributed by atoms with Gasteiger partial charge in [0.25, 0.3) is 0 Å². The van der Waals surface area contributed by atoms with E-state index in [0.717, 1.165) is 17.7 Å². The van der Waals surface area contributed by atoms with E-state index in [1.807, 2.05) is 12.1 Å². The third kappa shape index (κ3) is 5.19. The zero-order valence-electron chi connectivity index (χ0n) is 12.2. The molecule has 1 heterocycles. The molecule has 1 N–H and O–H groups in total. The molecule has 1 aromatic heterocycles. The molecular formula is C16H19Cl2NOS. The van der Waals surface area contributed by atoms with Gasteiger partial charge >= 0.3 is 0 Å². The molecule has 5 heteroatoms. The highest BCUT2D eigenvalue weighted by molar-refractivity contribution is 7.09. The fourth-order valence-corrected chi connectivity index (χ4v) is 3.21. The van der Waals surface area contributed by atoms with E-state index in [1.165, 1.54) is 4.88 Å². The van der Waals surface area contributed by atoms with Gasteiger partial charge in [-0.1, -0.05) is 43.1 Å². The van der Waals surface area contributed by atoms with Crippen LogP contribution in [0.5, 0.6) is 5.75 Å². The lowest BCUT2D eigenvalue weighted by Crippen LogP contribution is -2.22. The maximum Gasteiger partial charge on any atom is 0.142 e. The molecule has 21 heavy (non-hydrogen) atoms. The van der Waals surface area contributed by atoms with Gasteiger partial charge in [-0.15, -0.1) is 11.3 Å². The highest BCUT2D eigenvalue weighted by atomic mass is 35.5. The molecule has 1 aromatic carbocycles. The van der Waals surface area contributed by atoms with Crippen molar-refractivity contribution >= 4 is 34.5 Å². The van der Waals surface area contributed by atoms with Gasteiger partial charge < -0.3 is 10.1 Å². The van der Waals surface area contributed by atoms with Gasteiger partial charge in [0.1, 0.15) is 5.75 Å². The molecule has 0 unspecified atom stereocenters. The van der Waals surface area contributed by atoms with E-state index in [-0.39, 0.29) is 0 Å². The highest BCUT2D eigenvalue weighted by Crippen LogP contribution is 2.32. The van der Waals surface area contributed by atoms with E-state index < -0.39 is 0 Å². The lowest BCUT2D eigenvalue weighted by atomic mass is 10.2. The van der Waals surface area contributed by atoms with Gasteiger partial charge in [-0.25, -0.2) is 0 Å². The first kappa shape index (κ1) is 16.6. The Morgan fingerprint density at radius 1 is 1.29 bits per heavy atom. The van der Waals surface area contributed by atoms with Crippen LogP contribution in [-0.4, -0.2) is 12.6 Å². The maximum absolute atomic E-state index is 6.28. The van der Waals surface area contributed by atoms with Crippen molar-refractivity contribution < 1.29 is 4.74 Å². The summed E-state index contributed by atoms with van der Waals surface area (Å²) in [7, 11) is 0. The third-order valence-corrected chi connectivity index (χ3v) is 4.40. The van der Waals surface area contributed by atoms with E-state index in [1.54, 1.807) is 17.4 Å². The number of halogens is 2. The van der Waals surface area contributed by atoms with E-state index in [4.69, 9.17) is 27.9 Å². The number of hydrogen-bond donors (Lipinski definition) is 1. The van der Waals surface area contributed by atoms with E-state index in [2.05, 4.69) is 30.6 Å². The number of rotatable bonds is 7. The molecule has 0 atom stereocenters. The summed E-state index contributed by atoms with van der Waals surface area (Å²) in [4.78, 5) is 1.31. The Bertz CT molecular complexity index is 570. The quantitative estimate of drug-likeness (QED) is 0.748. The third-order valence-electron chi connectivity index (χ3n) is 2.96. The second-order valence-electron chi connectivity index (χ2n) is 5.09. The van der Waals surface area contributed by atoms with Gasteiger partial charge in [-0.2, -0.15) is 0 Å². The van der Waals surface area contributed by atoms with Crippen LogP contribution in [0.15, 0.2) is 29.6 Å². The largest absolute Gasteiger partial charge is 0.491 e. The van der Waals surface area contributed by atoms with Gasteiger partial charge in [0.05, 0.1) is 11.6 Å². The first-order valence-electron chi connectivity index (χ1n) is 6.92. The lowest BCUT2D eigenvalue weighted by molar-refractivity contribution is 0.318.